The first-order valence-electron chi connectivity index (χ1n) is 8.15. The SMILES string of the molecule is CCC(C)N(C)CC(=O)Nc1ccc(N=Nc2ccccc2)cc1. The number of carbonyl (C=O) groups is 1. The van der Waals surface area contributed by atoms with Crippen LogP contribution in [0.5, 0.6) is 0 Å². The summed E-state index contributed by atoms with van der Waals surface area (Å²) in [6, 6.07) is 17.3. The van der Waals surface area contributed by atoms with Crippen LogP contribution >= 0.6 is 0 Å². The van der Waals surface area contributed by atoms with Gasteiger partial charge in [-0.1, -0.05) is 25.1 Å². The number of benzene rings is 2. The number of nitrogens with one attached hydrogen (secondary N) is 1. The fraction of sp³-hybridized carbons (Fsp3) is 0.316. The predicted molar refractivity (Wildman–Crippen MR) is 98.1 cm³/mol. The number of hydrogen-bond donors (Lipinski definition) is 1. The van der Waals surface area contributed by atoms with E-state index in [2.05, 4.69) is 29.4 Å². The minimum Gasteiger partial charge on any atom is -0.325 e. The molecule has 0 saturated heterocycles. The lowest BCUT2D eigenvalue weighted by Crippen LogP contribution is -2.36. The third-order valence-electron chi connectivity index (χ3n) is 3.92. The molecule has 24 heavy (non-hydrogen) atoms. The smallest absolute Gasteiger partial charge is 0.238 e. The third kappa shape index (κ3) is 5.59. The lowest BCUT2D eigenvalue weighted by molar-refractivity contribution is -0.117. The molecule has 0 heterocycles. The van der Waals surface area contributed by atoms with Gasteiger partial charge in [-0.15, -0.1) is 0 Å². The van der Waals surface area contributed by atoms with Crippen molar-refractivity contribution in [1.29, 1.82) is 0 Å². The van der Waals surface area contributed by atoms with Gasteiger partial charge in [-0.3, -0.25) is 9.69 Å². The van der Waals surface area contributed by atoms with E-state index < -0.39 is 0 Å². The first kappa shape index (κ1) is 17.8. The average molecular weight is 324 g/mol. The van der Waals surface area contributed by atoms with Crippen LogP contribution in [0.1, 0.15) is 20.3 Å². The summed E-state index contributed by atoms with van der Waals surface area (Å²) in [6.07, 6.45) is 1.02. The molecule has 0 fully saturated rings. The first-order chi connectivity index (χ1) is 11.6. The molecular weight excluding hydrogens is 300 g/mol. The van der Waals surface area contributed by atoms with Gasteiger partial charge in [-0.2, -0.15) is 10.2 Å². The second-order valence-electron chi connectivity index (χ2n) is 5.80. The Morgan fingerprint density at radius 3 is 2.21 bits per heavy atom. The van der Waals surface area contributed by atoms with Crippen LogP contribution in [-0.4, -0.2) is 30.4 Å². The number of azo groups is 1. The monoisotopic (exact) mass is 324 g/mol. The molecule has 2 rings (SSSR count). The maximum absolute atomic E-state index is 12.0. The fourth-order valence-electron chi connectivity index (χ4n) is 2.12. The molecule has 126 valence electrons. The maximum atomic E-state index is 12.0. The van der Waals surface area contributed by atoms with E-state index in [0.717, 1.165) is 23.5 Å². The van der Waals surface area contributed by atoms with Gasteiger partial charge in [0.05, 0.1) is 17.9 Å². The van der Waals surface area contributed by atoms with Crippen LogP contribution in [0.15, 0.2) is 64.8 Å². The molecule has 0 saturated carbocycles. The molecule has 1 unspecified atom stereocenters. The molecule has 1 amide bonds. The van der Waals surface area contributed by atoms with E-state index in [-0.39, 0.29) is 5.91 Å². The van der Waals surface area contributed by atoms with Crippen LogP contribution < -0.4 is 5.32 Å². The standard InChI is InChI=1S/C19H24N4O/c1-4-15(2)23(3)14-19(24)20-16-10-12-18(13-11-16)22-21-17-8-6-5-7-9-17/h5-13,15H,4,14H2,1-3H3,(H,20,24). The van der Waals surface area contributed by atoms with Crippen molar-refractivity contribution < 1.29 is 4.79 Å². The zero-order valence-corrected chi connectivity index (χ0v) is 14.4. The number of hydrogen-bond acceptors (Lipinski definition) is 4. The molecule has 0 aliphatic heterocycles. The quantitative estimate of drug-likeness (QED) is 0.746. The summed E-state index contributed by atoms with van der Waals surface area (Å²) in [4.78, 5) is 14.1. The van der Waals surface area contributed by atoms with E-state index in [1.165, 1.54) is 0 Å². The molecule has 0 aliphatic carbocycles. The van der Waals surface area contributed by atoms with Crippen molar-refractivity contribution in [3.8, 4) is 0 Å². The molecule has 0 aliphatic rings. The Labute approximate surface area is 143 Å². The number of likely N-dealkylation sites (N-methyl/N-ethyl adjacent to an activating group) is 1. The van der Waals surface area contributed by atoms with E-state index in [1.54, 1.807) is 0 Å². The third-order valence-corrected chi connectivity index (χ3v) is 3.92. The second-order valence-corrected chi connectivity index (χ2v) is 5.80. The van der Waals surface area contributed by atoms with Crippen LogP contribution in [0.3, 0.4) is 0 Å². The maximum Gasteiger partial charge on any atom is 0.238 e. The van der Waals surface area contributed by atoms with Crippen molar-refractivity contribution in [3.05, 3.63) is 54.6 Å². The van der Waals surface area contributed by atoms with Crippen molar-refractivity contribution in [1.82, 2.24) is 4.90 Å². The summed E-state index contributed by atoms with van der Waals surface area (Å²) in [5, 5.41) is 11.2. The Balaban J connectivity index is 1.90. The Hall–Kier alpha value is -2.53. The van der Waals surface area contributed by atoms with Crippen LogP contribution in [-0.2, 0) is 4.79 Å². The molecule has 0 spiro atoms. The molecule has 0 aromatic heterocycles. The van der Waals surface area contributed by atoms with Crippen molar-refractivity contribution in [3.63, 3.8) is 0 Å². The number of nitrogens with zero attached hydrogens (tertiary/aromatic N) is 3. The van der Waals surface area contributed by atoms with E-state index in [4.69, 9.17) is 0 Å². The molecule has 0 bridgehead atoms. The van der Waals surface area contributed by atoms with E-state index in [0.29, 0.717) is 12.6 Å². The highest BCUT2D eigenvalue weighted by molar-refractivity contribution is 5.92. The van der Waals surface area contributed by atoms with Crippen LogP contribution in [0.2, 0.25) is 0 Å². The van der Waals surface area contributed by atoms with Crippen LogP contribution in [0.25, 0.3) is 0 Å². The zero-order chi connectivity index (χ0) is 17.4. The van der Waals surface area contributed by atoms with E-state index in [9.17, 15) is 4.79 Å². The largest absolute Gasteiger partial charge is 0.325 e. The van der Waals surface area contributed by atoms with Gasteiger partial charge in [0.2, 0.25) is 5.91 Å². The number of rotatable bonds is 7. The number of amides is 1. The van der Waals surface area contributed by atoms with Gasteiger partial charge in [-0.25, -0.2) is 0 Å². The van der Waals surface area contributed by atoms with Crippen LogP contribution in [0.4, 0.5) is 17.1 Å². The minimum absolute atomic E-state index is 0.0172. The van der Waals surface area contributed by atoms with Crippen LogP contribution in [0, 0.1) is 0 Å². The van der Waals surface area contributed by atoms with Crippen molar-refractivity contribution in [2.45, 2.75) is 26.3 Å². The average Bonchev–Trinajstić information content (AvgIpc) is 2.61. The molecule has 5 nitrogen and oxygen atoms in total. The lowest BCUT2D eigenvalue weighted by Gasteiger charge is -2.22. The van der Waals surface area contributed by atoms with Gasteiger partial charge in [-0.05, 0) is 56.8 Å². The van der Waals surface area contributed by atoms with Crippen molar-refractivity contribution >= 4 is 23.0 Å². The summed E-state index contributed by atoms with van der Waals surface area (Å²) in [5.41, 5.74) is 2.31. The highest BCUT2D eigenvalue weighted by Gasteiger charge is 2.11. The number of anilines is 1. The predicted octanol–water partition coefficient (Wildman–Crippen LogP) is 4.77. The topological polar surface area (TPSA) is 57.1 Å². The zero-order valence-electron chi connectivity index (χ0n) is 14.4. The number of carbonyl (C=O) groups excluding carboxylic acids is 1. The summed E-state index contributed by atoms with van der Waals surface area (Å²) in [7, 11) is 1.96. The first-order valence-corrected chi connectivity index (χ1v) is 8.15. The van der Waals surface area contributed by atoms with Gasteiger partial charge in [0.1, 0.15) is 0 Å². The van der Waals surface area contributed by atoms with Gasteiger partial charge in [0, 0.05) is 11.7 Å². The Kier molecular flexibility index (Phi) is 6.63. The summed E-state index contributed by atoms with van der Waals surface area (Å²) >= 11 is 0. The fourth-order valence-corrected chi connectivity index (χ4v) is 2.12. The van der Waals surface area contributed by atoms with E-state index >= 15 is 0 Å². The van der Waals surface area contributed by atoms with Gasteiger partial charge in [0.25, 0.3) is 0 Å². The summed E-state index contributed by atoms with van der Waals surface area (Å²) in [5.74, 6) is -0.0172. The molecule has 2 aromatic carbocycles. The Morgan fingerprint density at radius 2 is 1.62 bits per heavy atom. The normalized spacial score (nSPS) is 12.5. The Morgan fingerprint density at radius 1 is 1.04 bits per heavy atom. The Bertz CT molecular complexity index is 668. The van der Waals surface area contributed by atoms with E-state index in [1.807, 2.05) is 66.5 Å². The minimum atomic E-state index is -0.0172. The summed E-state index contributed by atoms with van der Waals surface area (Å²) in [6.45, 7) is 4.60. The molecule has 1 atom stereocenters. The molecule has 2 aromatic rings. The lowest BCUT2D eigenvalue weighted by atomic mass is 10.2. The van der Waals surface area contributed by atoms with Gasteiger partial charge in [0.15, 0.2) is 0 Å². The molecule has 1 N–H and O–H groups in total. The van der Waals surface area contributed by atoms with Gasteiger partial charge >= 0.3 is 0 Å². The second kappa shape index (κ2) is 8.93. The highest BCUT2D eigenvalue weighted by atomic mass is 16.2. The molecule has 5 heteroatoms. The van der Waals surface area contributed by atoms with Gasteiger partial charge < -0.3 is 5.32 Å². The molecule has 0 radical (unpaired) electrons. The van der Waals surface area contributed by atoms with Crippen molar-refractivity contribution in [2.75, 3.05) is 18.9 Å². The van der Waals surface area contributed by atoms with Crippen molar-refractivity contribution in [2.24, 2.45) is 10.2 Å². The highest BCUT2D eigenvalue weighted by Crippen LogP contribution is 2.20. The summed E-state index contributed by atoms with van der Waals surface area (Å²) < 4.78 is 0. The molecular formula is C19H24N4O.